The highest BCUT2D eigenvalue weighted by molar-refractivity contribution is 7.88. The quantitative estimate of drug-likeness (QED) is 0.820. The fourth-order valence-electron chi connectivity index (χ4n) is 3.37. The Labute approximate surface area is 139 Å². The highest BCUT2D eigenvalue weighted by Crippen LogP contribution is 2.21. The van der Waals surface area contributed by atoms with Crippen molar-refractivity contribution in [3.63, 3.8) is 0 Å². The van der Waals surface area contributed by atoms with Crippen LogP contribution in [0.2, 0.25) is 0 Å². The summed E-state index contributed by atoms with van der Waals surface area (Å²) in [6.45, 7) is 5.80. The molecule has 0 spiro atoms. The van der Waals surface area contributed by atoms with Crippen LogP contribution in [0, 0.1) is 0 Å². The van der Waals surface area contributed by atoms with Crippen LogP contribution in [-0.2, 0) is 20.5 Å². The van der Waals surface area contributed by atoms with Crippen molar-refractivity contribution in [2.24, 2.45) is 0 Å². The third-order valence-electron chi connectivity index (χ3n) is 4.70. The molecule has 0 N–H and O–H groups in total. The Bertz CT molecular complexity index is 598. The number of hydrogen-bond donors (Lipinski definition) is 0. The molecule has 2 fully saturated rings. The summed E-state index contributed by atoms with van der Waals surface area (Å²) in [5.74, 6) is 0.0943. The van der Waals surface area contributed by atoms with E-state index in [4.69, 9.17) is 4.74 Å². The lowest BCUT2D eigenvalue weighted by atomic mass is 10.2. The summed E-state index contributed by atoms with van der Waals surface area (Å²) in [5.41, 5.74) is 0.850. The molecule has 2 aliphatic rings. The van der Waals surface area contributed by atoms with Gasteiger partial charge in [-0.1, -0.05) is 30.3 Å². The van der Waals surface area contributed by atoms with Gasteiger partial charge in [0.1, 0.15) is 0 Å². The standard InChI is InChI=1S/C17H26N2O3S/c1-15-7-8-17(22-15)13-18-9-11-19(12-10-18)23(20,21)14-16-5-3-2-4-6-16/h2-6,15,17H,7-14H2,1H3/t15-,17+/m0/s1. The molecule has 0 bridgehead atoms. The van der Waals surface area contributed by atoms with Gasteiger partial charge < -0.3 is 4.74 Å². The van der Waals surface area contributed by atoms with E-state index in [9.17, 15) is 8.42 Å². The molecule has 1 aromatic rings. The van der Waals surface area contributed by atoms with Crippen molar-refractivity contribution in [1.82, 2.24) is 9.21 Å². The number of benzene rings is 1. The average Bonchev–Trinajstić information content (AvgIpc) is 2.93. The molecule has 0 saturated carbocycles. The number of ether oxygens (including phenoxy) is 1. The third-order valence-corrected chi connectivity index (χ3v) is 6.55. The lowest BCUT2D eigenvalue weighted by molar-refractivity contribution is 0.0251. The van der Waals surface area contributed by atoms with Crippen LogP contribution in [0.25, 0.3) is 0 Å². The van der Waals surface area contributed by atoms with Gasteiger partial charge in [0.2, 0.25) is 10.0 Å². The molecule has 0 unspecified atom stereocenters. The molecule has 2 heterocycles. The van der Waals surface area contributed by atoms with E-state index < -0.39 is 10.0 Å². The van der Waals surface area contributed by atoms with Crippen LogP contribution in [0.15, 0.2) is 30.3 Å². The van der Waals surface area contributed by atoms with Gasteiger partial charge in [0.15, 0.2) is 0 Å². The first-order chi connectivity index (χ1) is 11.0. The zero-order valence-corrected chi connectivity index (χ0v) is 14.5. The second-order valence-corrected chi connectivity index (χ2v) is 8.56. The van der Waals surface area contributed by atoms with Gasteiger partial charge in [-0.3, -0.25) is 4.90 Å². The Kier molecular flexibility index (Phi) is 5.36. The summed E-state index contributed by atoms with van der Waals surface area (Å²) in [5, 5.41) is 0. The Balaban J connectivity index is 1.50. The Morgan fingerprint density at radius 2 is 1.78 bits per heavy atom. The van der Waals surface area contributed by atoms with Crippen LogP contribution in [0.4, 0.5) is 0 Å². The molecule has 23 heavy (non-hydrogen) atoms. The van der Waals surface area contributed by atoms with Crippen molar-refractivity contribution in [2.45, 2.75) is 37.7 Å². The van der Waals surface area contributed by atoms with Gasteiger partial charge in [0, 0.05) is 32.7 Å². The number of sulfonamides is 1. The Morgan fingerprint density at radius 3 is 2.39 bits per heavy atom. The monoisotopic (exact) mass is 338 g/mol. The molecule has 0 amide bonds. The molecule has 3 rings (SSSR count). The molecule has 0 aliphatic carbocycles. The molecule has 2 aliphatic heterocycles. The molecule has 2 saturated heterocycles. The second kappa shape index (κ2) is 7.30. The van der Waals surface area contributed by atoms with Gasteiger partial charge in [0.25, 0.3) is 0 Å². The predicted octanol–water partition coefficient (Wildman–Crippen LogP) is 1.70. The van der Waals surface area contributed by atoms with Crippen molar-refractivity contribution >= 4 is 10.0 Å². The maximum Gasteiger partial charge on any atom is 0.218 e. The van der Waals surface area contributed by atoms with Crippen molar-refractivity contribution < 1.29 is 13.2 Å². The van der Waals surface area contributed by atoms with E-state index in [2.05, 4.69) is 11.8 Å². The van der Waals surface area contributed by atoms with Crippen LogP contribution >= 0.6 is 0 Å². The van der Waals surface area contributed by atoms with Gasteiger partial charge in [-0.25, -0.2) is 8.42 Å². The number of hydrogen-bond acceptors (Lipinski definition) is 4. The van der Waals surface area contributed by atoms with Gasteiger partial charge >= 0.3 is 0 Å². The maximum atomic E-state index is 12.5. The summed E-state index contributed by atoms with van der Waals surface area (Å²) < 4.78 is 32.6. The van der Waals surface area contributed by atoms with E-state index in [1.165, 1.54) is 0 Å². The molecule has 2 atom stereocenters. The van der Waals surface area contributed by atoms with E-state index in [0.717, 1.165) is 38.0 Å². The van der Waals surface area contributed by atoms with Crippen molar-refractivity contribution in [3.8, 4) is 0 Å². The molecule has 0 aromatic heterocycles. The van der Waals surface area contributed by atoms with E-state index in [-0.39, 0.29) is 5.75 Å². The lowest BCUT2D eigenvalue weighted by Crippen LogP contribution is -2.50. The topological polar surface area (TPSA) is 49.9 Å². The number of piperazine rings is 1. The fraction of sp³-hybridized carbons (Fsp3) is 0.647. The van der Waals surface area contributed by atoms with Crippen molar-refractivity contribution in [2.75, 3.05) is 32.7 Å². The van der Waals surface area contributed by atoms with Gasteiger partial charge in [-0.2, -0.15) is 4.31 Å². The fourth-order valence-corrected chi connectivity index (χ4v) is 4.89. The number of nitrogens with zero attached hydrogens (tertiary/aromatic N) is 2. The first-order valence-electron chi connectivity index (χ1n) is 8.42. The van der Waals surface area contributed by atoms with Crippen LogP contribution in [0.1, 0.15) is 25.3 Å². The maximum absolute atomic E-state index is 12.5. The normalized spacial score (nSPS) is 27.3. The molecule has 6 heteroatoms. The van der Waals surface area contributed by atoms with E-state index in [1.54, 1.807) is 4.31 Å². The largest absolute Gasteiger partial charge is 0.374 e. The summed E-state index contributed by atoms with van der Waals surface area (Å²) in [4.78, 5) is 2.33. The zero-order valence-electron chi connectivity index (χ0n) is 13.7. The van der Waals surface area contributed by atoms with Crippen LogP contribution in [-0.4, -0.2) is 62.6 Å². The molecule has 5 nitrogen and oxygen atoms in total. The smallest absolute Gasteiger partial charge is 0.218 e. The first kappa shape index (κ1) is 16.9. The second-order valence-electron chi connectivity index (χ2n) is 6.59. The SMILES string of the molecule is C[C@H]1CC[C@H](CN2CCN(S(=O)(=O)Cc3ccccc3)CC2)O1. The highest BCUT2D eigenvalue weighted by atomic mass is 32.2. The predicted molar refractivity (Wildman–Crippen MR) is 90.6 cm³/mol. The van der Waals surface area contributed by atoms with Crippen LogP contribution < -0.4 is 0 Å². The van der Waals surface area contributed by atoms with E-state index >= 15 is 0 Å². The van der Waals surface area contributed by atoms with Crippen molar-refractivity contribution in [3.05, 3.63) is 35.9 Å². The summed E-state index contributed by atoms with van der Waals surface area (Å²) >= 11 is 0. The summed E-state index contributed by atoms with van der Waals surface area (Å²) in [6.07, 6.45) is 2.94. The first-order valence-corrected chi connectivity index (χ1v) is 10.0. The Hall–Kier alpha value is -0.950. The van der Waals surface area contributed by atoms with Crippen LogP contribution in [0.3, 0.4) is 0 Å². The number of rotatable bonds is 5. The van der Waals surface area contributed by atoms with Gasteiger partial charge in [-0.05, 0) is 25.3 Å². The van der Waals surface area contributed by atoms with Gasteiger partial charge in [0.05, 0.1) is 18.0 Å². The van der Waals surface area contributed by atoms with E-state index in [1.807, 2.05) is 30.3 Å². The average molecular weight is 338 g/mol. The Morgan fingerprint density at radius 1 is 1.09 bits per heavy atom. The zero-order chi connectivity index (χ0) is 16.3. The molecule has 128 valence electrons. The minimum absolute atomic E-state index is 0.0943. The minimum atomic E-state index is -3.22. The molecule has 1 aromatic carbocycles. The lowest BCUT2D eigenvalue weighted by Gasteiger charge is -2.35. The van der Waals surface area contributed by atoms with Crippen LogP contribution in [0.5, 0.6) is 0 Å². The van der Waals surface area contributed by atoms with E-state index in [0.29, 0.717) is 25.3 Å². The molecule has 0 radical (unpaired) electrons. The molecular formula is C17H26N2O3S. The van der Waals surface area contributed by atoms with Gasteiger partial charge in [-0.15, -0.1) is 0 Å². The third kappa shape index (κ3) is 4.53. The molecular weight excluding hydrogens is 312 g/mol. The van der Waals surface area contributed by atoms with Crippen molar-refractivity contribution in [1.29, 1.82) is 0 Å². The minimum Gasteiger partial charge on any atom is -0.374 e. The highest BCUT2D eigenvalue weighted by Gasteiger charge is 2.29. The summed E-state index contributed by atoms with van der Waals surface area (Å²) in [7, 11) is -3.22. The summed E-state index contributed by atoms with van der Waals surface area (Å²) in [6, 6.07) is 9.40.